The van der Waals surface area contributed by atoms with Gasteiger partial charge in [0.2, 0.25) is 0 Å². The van der Waals surface area contributed by atoms with Gasteiger partial charge in [0.05, 0.1) is 20.6 Å². The second kappa shape index (κ2) is 6.15. The summed E-state index contributed by atoms with van der Waals surface area (Å²) >= 11 is 0. The van der Waals surface area contributed by atoms with E-state index in [1.54, 1.807) is 0 Å². The summed E-state index contributed by atoms with van der Waals surface area (Å²) in [6, 6.07) is 0. The number of carbonyl (C=O) groups excluding carboxylic acids is 2. The second-order valence-electron chi connectivity index (χ2n) is 3.61. The van der Waals surface area contributed by atoms with Gasteiger partial charge in [0.25, 0.3) is 0 Å². The first-order valence-corrected chi connectivity index (χ1v) is 5.27. The van der Waals surface area contributed by atoms with Crippen molar-refractivity contribution in [1.29, 1.82) is 0 Å². The van der Waals surface area contributed by atoms with Crippen molar-refractivity contribution in [2.75, 3.05) is 27.3 Å². The lowest BCUT2D eigenvalue weighted by Crippen LogP contribution is -2.22. The Labute approximate surface area is 95.0 Å². The van der Waals surface area contributed by atoms with Crippen LogP contribution in [0.3, 0.4) is 0 Å². The molecule has 1 saturated heterocycles. The van der Waals surface area contributed by atoms with Crippen molar-refractivity contribution in [1.82, 2.24) is 4.90 Å². The van der Waals surface area contributed by atoms with Crippen LogP contribution in [-0.4, -0.2) is 44.1 Å². The Bertz CT molecular complexity index is 292. The molecule has 0 aromatic rings. The van der Waals surface area contributed by atoms with E-state index in [-0.39, 0.29) is 12.4 Å². The monoisotopic (exact) mass is 227 g/mol. The molecule has 0 spiro atoms. The number of ether oxygens (including phenoxy) is 2. The van der Waals surface area contributed by atoms with E-state index in [0.717, 1.165) is 25.9 Å². The van der Waals surface area contributed by atoms with Gasteiger partial charge in [0.15, 0.2) is 0 Å². The third kappa shape index (κ3) is 3.56. The highest BCUT2D eigenvalue weighted by atomic mass is 16.5. The maximum Gasteiger partial charge on any atom is 0.332 e. The van der Waals surface area contributed by atoms with Crippen LogP contribution in [0.2, 0.25) is 0 Å². The van der Waals surface area contributed by atoms with Crippen molar-refractivity contribution in [2.45, 2.75) is 19.3 Å². The van der Waals surface area contributed by atoms with Crippen LogP contribution in [0.1, 0.15) is 19.3 Å². The second-order valence-corrected chi connectivity index (χ2v) is 3.61. The molecule has 0 aromatic carbocycles. The number of rotatable bonds is 4. The van der Waals surface area contributed by atoms with Crippen molar-refractivity contribution in [2.24, 2.45) is 0 Å². The Morgan fingerprint density at radius 2 is 1.81 bits per heavy atom. The fraction of sp³-hybridized carbons (Fsp3) is 0.636. The molecule has 1 rings (SSSR count). The predicted octanol–water partition coefficient (Wildman–Crippen LogP) is 0.702. The van der Waals surface area contributed by atoms with Gasteiger partial charge < -0.3 is 14.4 Å². The minimum absolute atomic E-state index is 0.117. The van der Waals surface area contributed by atoms with E-state index in [1.165, 1.54) is 20.3 Å². The highest BCUT2D eigenvalue weighted by Crippen LogP contribution is 2.17. The van der Waals surface area contributed by atoms with Crippen molar-refractivity contribution in [3.63, 3.8) is 0 Å². The molecule has 1 heterocycles. The zero-order valence-corrected chi connectivity index (χ0v) is 9.69. The summed E-state index contributed by atoms with van der Waals surface area (Å²) < 4.78 is 9.16. The number of likely N-dealkylation sites (tertiary alicyclic amines) is 1. The van der Waals surface area contributed by atoms with Crippen LogP contribution >= 0.6 is 0 Å². The molecule has 5 heteroatoms. The zero-order chi connectivity index (χ0) is 12.0. The minimum Gasteiger partial charge on any atom is -0.469 e. The molecule has 0 bridgehead atoms. The lowest BCUT2D eigenvalue weighted by molar-refractivity contribution is -0.140. The van der Waals surface area contributed by atoms with Crippen molar-refractivity contribution >= 4 is 11.9 Å². The fourth-order valence-electron chi connectivity index (χ4n) is 1.67. The standard InChI is InChI=1S/C11H17NO4/c1-15-10(13)7-9(8-11(14)16-2)12-5-3-4-6-12/h7H,3-6,8H2,1-2H3/b9-7-. The van der Waals surface area contributed by atoms with Crippen LogP contribution in [0.4, 0.5) is 0 Å². The molecule has 1 aliphatic heterocycles. The zero-order valence-electron chi connectivity index (χ0n) is 9.69. The third-order valence-corrected chi connectivity index (χ3v) is 2.55. The van der Waals surface area contributed by atoms with Crippen LogP contribution in [0.5, 0.6) is 0 Å². The van der Waals surface area contributed by atoms with Crippen molar-refractivity contribution < 1.29 is 19.1 Å². The number of methoxy groups -OCH3 is 2. The Balaban J connectivity index is 2.71. The third-order valence-electron chi connectivity index (χ3n) is 2.55. The molecular weight excluding hydrogens is 210 g/mol. The first kappa shape index (κ1) is 12.5. The molecule has 0 atom stereocenters. The summed E-state index contributed by atoms with van der Waals surface area (Å²) in [5, 5.41) is 0. The summed E-state index contributed by atoms with van der Waals surface area (Å²) in [5.74, 6) is -0.784. The molecule has 16 heavy (non-hydrogen) atoms. The molecule has 0 aromatic heterocycles. The molecule has 0 amide bonds. The number of hydrogen-bond donors (Lipinski definition) is 0. The average molecular weight is 227 g/mol. The SMILES string of the molecule is COC(=O)/C=C(/CC(=O)OC)N1CCCC1. The van der Waals surface area contributed by atoms with Gasteiger partial charge in [-0.1, -0.05) is 0 Å². The highest BCUT2D eigenvalue weighted by molar-refractivity contribution is 5.84. The van der Waals surface area contributed by atoms with E-state index in [4.69, 9.17) is 0 Å². The molecule has 0 aliphatic carbocycles. The molecule has 0 N–H and O–H groups in total. The first-order chi connectivity index (χ1) is 7.67. The summed E-state index contributed by atoms with van der Waals surface area (Å²) in [6.45, 7) is 1.75. The van der Waals surface area contributed by atoms with Crippen molar-refractivity contribution in [3.8, 4) is 0 Å². The summed E-state index contributed by atoms with van der Waals surface area (Å²) in [6.07, 6.45) is 3.65. The Morgan fingerprint density at radius 3 is 2.31 bits per heavy atom. The molecule has 0 radical (unpaired) electrons. The normalized spacial score (nSPS) is 16.1. The van der Waals surface area contributed by atoms with Gasteiger partial charge in [-0.05, 0) is 12.8 Å². The average Bonchev–Trinajstić information content (AvgIpc) is 2.81. The van der Waals surface area contributed by atoms with Gasteiger partial charge in [0, 0.05) is 24.9 Å². The summed E-state index contributed by atoms with van der Waals surface area (Å²) in [7, 11) is 2.65. The van der Waals surface area contributed by atoms with E-state index < -0.39 is 5.97 Å². The van der Waals surface area contributed by atoms with Crippen LogP contribution in [-0.2, 0) is 19.1 Å². The molecular formula is C11H17NO4. The van der Waals surface area contributed by atoms with Gasteiger partial charge in [-0.25, -0.2) is 4.79 Å². The number of nitrogens with zero attached hydrogens (tertiary/aromatic N) is 1. The van der Waals surface area contributed by atoms with Gasteiger partial charge in [-0.2, -0.15) is 0 Å². The molecule has 0 unspecified atom stereocenters. The van der Waals surface area contributed by atoms with Crippen molar-refractivity contribution in [3.05, 3.63) is 11.8 Å². The first-order valence-electron chi connectivity index (χ1n) is 5.27. The van der Waals surface area contributed by atoms with Gasteiger partial charge in [-0.3, -0.25) is 4.79 Å². The van der Waals surface area contributed by atoms with Gasteiger partial charge in [-0.15, -0.1) is 0 Å². The van der Waals surface area contributed by atoms with E-state index in [0.29, 0.717) is 5.70 Å². The maximum atomic E-state index is 11.2. The largest absolute Gasteiger partial charge is 0.469 e. The lowest BCUT2D eigenvalue weighted by Gasteiger charge is -2.20. The molecule has 5 nitrogen and oxygen atoms in total. The molecule has 0 saturated carbocycles. The highest BCUT2D eigenvalue weighted by Gasteiger charge is 2.18. The molecule has 90 valence electrons. The quantitative estimate of drug-likeness (QED) is 0.522. The smallest absolute Gasteiger partial charge is 0.332 e. The Morgan fingerprint density at radius 1 is 1.19 bits per heavy atom. The molecule has 1 aliphatic rings. The maximum absolute atomic E-state index is 11.2. The van der Waals surface area contributed by atoms with Crippen LogP contribution in [0, 0.1) is 0 Å². The van der Waals surface area contributed by atoms with Crippen LogP contribution in [0.15, 0.2) is 11.8 Å². The van der Waals surface area contributed by atoms with E-state index >= 15 is 0 Å². The lowest BCUT2D eigenvalue weighted by atomic mass is 10.2. The van der Waals surface area contributed by atoms with E-state index in [2.05, 4.69) is 9.47 Å². The number of carbonyl (C=O) groups is 2. The predicted molar refractivity (Wildman–Crippen MR) is 57.5 cm³/mol. The topological polar surface area (TPSA) is 55.8 Å². The van der Waals surface area contributed by atoms with E-state index in [1.807, 2.05) is 4.90 Å². The van der Waals surface area contributed by atoms with Gasteiger partial charge >= 0.3 is 11.9 Å². The van der Waals surface area contributed by atoms with Gasteiger partial charge in [0.1, 0.15) is 0 Å². The minimum atomic E-state index is -0.439. The molecule has 1 fully saturated rings. The number of esters is 2. The van der Waals surface area contributed by atoms with Crippen LogP contribution < -0.4 is 0 Å². The van der Waals surface area contributed by atoms with E-state index in [9.17, 15) is 9.59 Å². The summed E-state index contributed by atoms with van der Waals surface area (Å²) in [5.41, 5.74) is 0.677. The fourth-order valence-corrected chi connectivity index (χ4v) is 1.67. The Hall–Kier alpha value is -1.52. The van der Waals surface area contributed by atoms with Crippen LogP contribution in [0.25, 0.3) is 0 Å². The Kier molecular flexibility index (Phi) is 4.82. The summed E-state index contributed by atoms with van der Waals surface area (Å²) in [4.78, 5) is 24.4. The number of hydrogen-bond acceptors (Lipinski definition) is 5.